The van der Waals surface area contributed by atoms with Gasteiger partial charge in [0.2, 0.25) is 10.0 Å². The Morgan fingerprint density at radius 1 is 1.13 bits per heavy atom. The Morgan fingerprint density at radius 3 is 2.27 bits per heavy atom. The molecule has 3 aromatic rings. The summed E-state index contributed by atoms with van der Waals surface area (Å²) >= 11 is 0. The number of aromatic nitrogens is 1. The van der Waals surface area contributed by atoms with Crippen molar-refractivity contribution in [2.75, 3.05) is 6.26 Å². The van der Waals surface area contributed by atoms with Gasteiger partial charge in [0.15, 0.2) is 0 Å². The molecule has 1 amide bonds. The topological polar surface area (TPSA) is 92.0 Å². The first-order valence-electron chi connectivity index (χ1n) is 9.17. The van der Waals surface area contributed by atoms with Crippen LogP contribution < -0.4 is 4.72 Å². The van der Waals surface area contributed by atoms with Crippen LogP contribution in [-0.2, 0) is 23.5 Å². The first kappa shape index (κ1) is 21.3. The fourth-order valence-electron chi connectivity index (χ4n) is 3.54. The molecule has 0 bridgehead atoms. The van der Waals surface area contributed by atoms with Gasteiger partial charge in [-0.05, 0) is 23.6 Å². The summed E-state index contributed by atoms with van der Waals surface area (Å²) in [6.45, 7) is 1.85. The largest absolute Gasteiger partial charge is 0.342 e. The van der Waals surface area contributed by atoms with Gasteiger partial charge in [-0.15, -0.1) is 0 Å². The van der Waals surface area contributed by atoms with E-state index in [0.29, 0.717) is 39.9 Å². The maximum Gasteiger partial charge on any atom is 0.282 e. The number of nitrogens with one attached hydrogen (secondary N) is 1. The maximum absolute atomic E-state index is 14.1. The van der Waals surface area contributed by atoms with Crippen molar-refractivity contribution in [3.63, 3.8) is 0 Å². The summed E-state index contributed by atoms with van der Waals surface area (Å²) in [5, 5.41) is 9.75. The predicted molar refractivity (Wildman–Crippen MR) is 113 cm³/mol. The molecule has 154 valence electrons. The van der Waals surface area contributed by atoms with Crippen molar-refractivity contribution in [3.8, 4) is 28.3 Å². The highest BCUT2D eigenvalue weighted by molar-refractivity contribution is 7.89. The van der Waals surface area contributed by atoms with E-state index < -0.39 is 15.9 Å². The highest BCUT2D eigenvalue weighted by atomic mass is 32.2. The van der Waals surface area contributed by atoms with Gasteiger partial charge < -0.3 is 4.57 Å². The average molecular weight is 425 g/mol. The fraction of sp³-hybridized carbons (Fsp3) is 0.182. The summed E-state index contributed by atoms with van der Waals surface area (Å²) in [5.74, 6) is -1.17. The van der Waals surface area contributed by atoms with Gasteiger partial charge in [0.25, 0.3) is 5.91 Å². The van der Waals surface area contributed by atoms with Crippen LogP contribution in [0.3, 0.4) is 0 Å². The molecule has 1 heterocycles. The van der Waals surface area contributed by atoms with E-state index in [-0.39, 0.29) is 11.5 Å². The van der Waals surface area contributed by atoms with Crippen LogP contribution in [0, 0.1) is 17.1 Å². The highest BCUT2D eigenvalue weighted by Gasteiger charge is 2.27. The summed E-state index contributed by atoms with van der Waals surface area (Å²) < 4.78 is 40.8. The van der Waals surface area contributed by atoms with Crippen LogP contribution in [0.15, 0.2) is 48.5 Å². The Hall–Kier alpha value is -3.44. The van der Waals surface area contributed by atoms with Crippen LogP contribution in [0.25, 0.3) is 22.3 Å². The zero-order valence-electron chi connectivity index (χ0n) is 16.7. The summed E-state index contributed by atoms with van der Waals surface area (Å²) in [6.07, 6.45) is 1.37. The number of hydrogen-bond acceptors (Lipinski definition) is 4. The summed E-state index contributed by atoms with van der Waals surface area (Å²) in [4.78, 5) is 12.7. The monoisotopic (exact) mass is 425 g/mol. The molecule has 0 fully saturated rings. The minimum Gasteiger partial charge on any atom is -0.342 e. The molecule has 8 heteroatoms. The van der Waals surface area contributed by atoms with E-state index in [4.69, 9.17) is 0 Å². The van der Waals surface area contributed by atoms with Crippen molar-refractivity contribution in [2.24, 2.45) is 7.05 Å². The van der Waals surface area contributed by atoms with Gasteiger partial charge in [-0.1, -0.05) is 49.4 Å². The van der Waals surface area contributed by atoms with Gasteiger partial charge in [0, 0.05) is 23.9 Å². The second-order valence-electron chi connectivity index (χ2n) is 6.83. The Balaban J connectivity index is 2.19. The molecule has 0 unspecified atom stereocenters. The lowest BCUT2D eigenvalue weighted by Gasteiger charge is -2.10. The molecule has 0 aliphatic carbocycles. The minimum absolute atomic E-state index is 0.0764. The molecule has 0 atom stereocenters. The van der Waals surface area contributed by atoms with Crippen LogP contribution in [-0.4, -0.2) is 25.1 Å². The van der Waals surface area contributed by atoms with Gasteiger partial charge in [0.1, 0.15) is 17.6 Å². The third kappa shape index (κ3) is 3.98. The molecular weight excluding hydrogens is 405 g/mol. The number of halogens is 1. The van der Waals surface area contributed by atoms with Crippen molar-refractivity contribution in [1.82, 2.24) is 9.29 Å². The quantitative estimate of drug-likeness (QED) is 0.676. The number of nitriles is 1. The number of carbonyl (C=O) groups excluding carboxylic acids is 1. The van der Waals surface area contributed by atoms with Crippen molar-refractivity contribution >= 4 is 15.9 Å². The number of amides is 1. The number of carbonyl (C=O) groups is 1. The second kappa shape index (κ2) is 8.13. The first-order valence-corrected chi connectivity index (χ1v) is 11.1. The Bertz CT molecular complexity index is 1270. The maximum atomic E-state index is 14.1. The number of hydrogen-bond donors (Lipinski definition) is 1. The minimum atomic E-state index is -3.79. The zero-order chi connectivity index (χ0) is 22.1. The molecule has 1 aromatic heterocycles. The summed E-state index contributed by atoms with van der Waals surface area (Å²) in [5.41, 5.74) is 2.97. The lowest BCUT2D eigenvalue weighted by atomic mass is 9.97. The number of benzene rings is 2. The molecule has 2 aromatic carbocycles. The Labute approximate surface area is 174 Å². The lowest BCUT2D eigenvalue weighted by Crippen LogP contribution is -2.31. The number of nitrogens with zero attached hydrogens (tertiary/aromatic N) is 2. The van der Waals surface area contributed by atoms with Gasteiger partial charge >= 0.3 is 0 Å². The van der Waals surface area contributed by atoms with Crippen molar-refractivity contribution in [1.29, 1.82) is 5.26 Å². The molecule has 30 heavy (non-hydrogen) atoms. The van der Waals surface area contributed by atoms with Gasteiger partial charge in [-0.25, -0.2) is 17.5 Å². The molecule has 0 radical (unpaired) electrons. The first-order chi connectivity index (χ1) is 14.2. The zero-order valence-corrected chi connectivity index (χ0v) is 17.5. The van der Waals surface area contributed by atoms with E-state index in [1.165, 1.54) is 6.07 Å². The molecule has 0 saturated heterocycles. The van der Waals surface area contributed by atoms with E-state index in [1.54, 1.807) is 54.1 Å². The normalized spacial score (nSPS) is 11.2. The average Bonchev–Trinajstić information content (AvgIpc) is 2.98. The molecule has 6 nitrogen and oxygen atoms in total. The molecule has 1 N–H and O–H groups in total. The third-order valence-electron chi connectivity index (χ3n) is 4.81. The van der Waals surface area contributed by atoms with Gasteiger partial charge in [-0.3, -0.25) is 4.79 Å². The fourth-order valence-corrected chi connectivity index (χ4v) is 3.98. The van der Waals surface area contributed by atoms with Gasteiger partial charge in [-0.2, -0.15) is 5.26 Å². The van der Waals surface area contributed by atoms with Crippen LogP contribution >= 0.6 is 0 Å². The Kier molecular flexibility index (Phi) is 5.76. The van der Waals surface area contributed by atoms with Crippen LogP contribution in [0.5, 0.6) is 0 Å². The summed E-state index contributed by atoms with van der Waals surface area (Å²) in [7, 11) is -2.17. The SMILES string of the molecule is CCc1c(C#N)c(-c2ccc(-c3ccccc3F)cc2)c(C(=O)NS(C)(=O)=O)n1C. The van der Waals surface area contributed by atoms with E-state index >= 15 is 0 Å². The predicted octanol–water partition coefficient (Wildman–Crippen LogP) is 3.62. The number of rotatable bonds is 5. The molecule has 0 saturated carbocycles. The summed E-state index contributed by atoms with van der Waals surface area (Å²) in [6, 6.07) is 15.3. The van der Waals surface area contributed by atoms with Crippen LogP contribution in [0.1, 0.15) is 28.7 Å². The van der Waals surface area contributed by atoms with Gasteiger partial charge in [0.05, 0.1) is 11.8 Å². The Morgan fingerprint density at radius 2 is 1.73 bits per heavy atom. The third-order valence-corrected chi connectivity index (χ3v) is 5.37. The standard InChI is InChI=1S/C22H20FN3O3S/c1-4-19-17(13-24)20(21(26(19)2)22(27)25-30(3,28)29)15-11-9-14(10-12-15)16-7-5-6-8-18(16)23/h5-12H,4H2,1-3H3,(H,25,27). The smallest absolute Gasteiger partial charge is 0.282 e. The van der Waals surface area contributed by atoms with Crippen molar-refractivity contribution in [2.45, 2.75) is 13.3 Å². The van der Waals surface area contributed by atoms with Crippen LogP contribution in [0.4, 0.5) is 4.39 Å². The highest BCUT2D eigenvalue weighted by Crippen LogP contribution is 2.34. The molecule has 0 aliphatic rings. The van der Waals surface area contributed by atoms with E-state index in [1.807, 2.05) is 11.6 Å². The van der Waals surface area contributed by atoms with Crippen molar-refractivity contribution in [3.05, 3.63) is 71.3 Å². The van der Waals surface area contributed by atoms with E-state index in [2.05, 4.69) is 6.07 Å². The second-order valence-corrected chi connectivity index (χ2v) is 8.58. The van der Waals surface area contributed by atoms with Crippen molar-refractivity contribution < 1.29 is 17.6 Å². The molecule has 3 rings (SSSR count). The van der Waals surface area contributed by atoms with Crippen LogP contribution in [0.2, 0.25) is 0 Å². The lowest BCUT2D eigenvalue weighted by molar-refractivity contribution is 0.0974. The van der Waals surface area contributed by atoms with E-state index in [9.17, 15) is 22.9 Å². The van der Waals surface area contributed by atoms with E-state index in [0.717, 1.165) is 6.26 Å². The molecule has 0 spiro atoms. The molecule has 0 aliphatic heterocycles. The number of sulfonamides is 1. The molecular formula is C22H20FN3O3S.